The number of imidazole rings is 1. The minimum atomic E-state index is -4.63. The van der Waals surface area contributed by atoms with E-state index in [1.807, 2.05) is 0 Å². The highest BCUT2D eigenvalue weighted by molar-refractivity contribution is 7.49. The van der Waals surface area contributed by atoms with E-state index in [4.69, 9.17) is 50.9 Å². The van der Waals surface area contributed by atoms with Crippen LogP contribution in [0.3, 0.4) is 0 Å². The number of anilines is 2. The van der Waals surface area contributed by atoms with Gasteiger partial charge in [-0.15, -0.1) is 0 Å². The number of nitrogens with two attached hydrogens (primary N) is 2. The van der Waals surface area contributed by atoms with Gasteiger partial charge >= 0.3 is 19.5 Å². The van der Waals surface area contributed by atoms with Crippen LogP contribution in [0, 0.1) is 0 Å². The van der Waals surface area contributed by atoms with Crippen LogP contribution in [0.25, 0.3) is 11.2 Å². The van der Waals surface area contributed by atoms with Gasteiger partial charge in [-0.25, -0.2) is 24.3 Å². The van der Waals surface area contributed by atoms with Crippen LogP contribution < -0.4 is 21.7 Å². The fraction of sp³-hybridized carbons (Fsp3) is 0.407. The van der Waals surface area contributed by atoms with Crippen molar-refractivity contribution in [3.8, 4) is 5.75 Å². The zero-order valence-electron chi connectivity index (χ0n) is 24.7. The van der Waals surface area contributed by atoms with E-state index in [0.29, 0.717) is 16.2 Å². The Hall–Kier alpha value is -4.16. The highest BCUT2D eigenvalue weighted by Gasteiger charge is 2.48. The molecule has 2 aliphatic rings. The second kappa shape index (κ2) is 13.5. The van der Waals surface area contributed by atoms with Crippen molar-refractivity contribution >= 4 is 48.2 Å². The van der Waals surface area contributed by atoms with Crippen LogP contribution in [0.5, 0.6) is 5.75 Å². The molecule has 20 heteroatoms. The summed E-state index contributed by atoms with van der Waals surface area (Å²) < 4.78 is 52.3. The zero-order valence-corrected chi connectivity index (χ0v) is 26.3. The molecule has 0 bridgehead atoms. The minimum Gasteiger partial charge on any atom is -0.460 e. The maximum absolute atomic E-state index is 14.5. The predicted molar refractivity (Wildman–Crippen MR) is 163 cm³/mol. The normalized spacial score (nSPS) is 25.5. The molecule has 47 heavy (non-hydrogen) atoms. The predicted octanol–water partition coefficient (Wildman–Crippen LogP) is 1.64. The Balaban J connectivity index is 1.29. The fourth-order valence-corrected chi connectivity index (χ4v) is 6.89. The number of ether oxygens (including phenoxy) is 3. The van der Waals surface area contributed by atoms with Gasteiger partial charge in [0.15, 0.2) is 11.5 Å². The summed E-state index contributed by atoms with van der Waals surface area (Å²) >= 11 is 6.03. The number of carbonyl (C=O) groups excluding carboxylic acids is 1. The van der Waals surface area contributed by atoms with Crippen LogP contribution in [-0.4, -0.2) is 84.4 Å². The summed E-state index contributed by atoms with van der Waals surface area (Å²) in [6.45, 7) is 0.250. The van der Waals surface area contributed by atoms with E-state index < -0.39 is 69.4 Å². The Labute approximate surface area is 271 Å². The van der Waals surface area contributed by atoms with Crippen molar-refractivity contribution < 1.29 is 42.2 Å². The number of nitrogen functional groups attached to an aromatic ring is 2. The van der Waals surface area contributed by atoms with Crippen molar-refractivity contribution in [2.45, 2.75) is 50.0 Å². The van der Waals surface area contributed by atoms with Crippen LogP contribution in [-0.2, 0) is 32.6 Å². The number of hydrogen-bond donors (Lipinski definition) is 3. The summed E-state index contributed by atoms with van der Waals surface area (Å²) in [5.41, 5.74) is 11.6. The quantitative estimate of drug-likeness (QED) is 0.149. The van der Waals surface area contributed by atoms with Crippen LogP contribution >= 0.6 is 19.4 Å². The lowest BCUT2D eigenvalue weighted by atomic mass is 10.1. The summed E-state index contributed by atoms with van der Waals surface area (Å²) in [6.07, 6.45) is -0.772. The zero-order chi connectivity index (χ0) is 33.3. The molecule has 2 saturated heterocycles. The molecule has 0 spiro atoms. The van der Waals surface area contributed by atoms with Crippen molar-refractivity contribution in [1.29, 1.82) is 0 Å². The summed E-state index contributed by atoms with van der Waals surface area (Å²) in [6, 6.07) is 6.64. The molecule has 5 N–H and O–H groups in total. The summed E-state index contributed by atoms with van der Waals surface area (Å²) in [4.78, 5) is 40.6. The van der Waals surface area contributed by atoms with E-state index in [2.05, 4.69) is 19.9 Å². The van der Waals surface area contributed by atoms with E-state index in [9.17, 15) is 19.3 Å². The van der Waals surface area contributed by atoms with Crippen molar-refractivity contribution in [2.75, 3.05) is 31.3 Å². The monoisotopic (exact) mass is 692 g/mol. The molecule has 0 radical (unpaired) electrons. The maximum atomic E-state index is 14.5. The topological polar surface area (TPSA) is 240 Å². The van der Waals surface area contributed by atoms with E-state index in [1.54, 1.807) is 4.57 Å². The van der Waals surface area contributed by atoms with Crippen molar-refractivity contribution in [3.05, 3.63) is 64.7 Å². The van der Waals surface area contributed by atoms with E-state index >= 15 is 0 Å². The van der Waals surface area contributed by atoms with Gasteiger partial charge < -0.3 is 39.9 Å². The molecule has 3 aromatic heterocycles. The van der Waals surface area contributed by atoms with Gasteiger partial charge in [-0.3, -0.25) is 18.4 Å². The summed E-state index contributed by atoms with van der Waals surface area (Å²) in [5, 5.41) is 10.6. The molecule has 6 rings (SSSR count). The van der Waals surface area contributed by atoms with Gasteiger partial charge in [-0.1, -0.05) is 11.6 Å². The molecule has 250 valence electrons. The van der Waals surface area contributed by atoms with Gasteiger partial charge in [0, 0.05) is 24.6 Å². The van der Waals surface area contributed by atoms with Gasteiger partial charge in [0.1, 0.15) is 54.1 Å². The van der Waals surface area contributed by atoms with Crippen LogP contribution in [0.1, 0.15) is 25.6 Å². The molecule has 4 aromatic rings. The molecule has 5 heterocycles. The van der Waals surface area contributed by atoms with Gasteiger partial charge in [-0.05, 0) is 30.3 Å². The number of rotatable bonds is 11. The van der Waals surface area contributed by atoms with E-state index in [1.165, 1.54) is 60.7 Å². The number of aromatic nitrogens is 6. The first-order chi connectivity index (χ1) is 22.5. The first-order valence-corrected chi connectivity index (χ1v) is 16.1. The highest BCUT2D eigenvalue weighted by atomic mass is 35.5. The molecule has 0 aliphatic carbocycles. The summed E-state index contributed by atoms with van der Waals surface area (Å²) in [5.74, 6) is -0.354. The number of esters is 1. The Morgan fingerprint density at radius 2 is 1.94 bits per heavy atom. The van der Waals surface area contributed by atoms with Gasteiger partial charge in [0.2, 0.25) is 0 Å². The third-order valence-electron chi connectivity index (χ3n) is 7.49. The molecule has 2 aliphatic heterocycles. The smallest absolute Gasteiger partial charge is 0.460 e. The molecular weight excluding hydrogens is 663 g/mol. The molecule has 0 amide bonds. The number of phosphoric acid groups is 1. The van der Waals surface area contributed by atoms with Crippen LogP contribution in [0.15, 0.2) is 54.0 Å². The fourth-order valence-electron chi connectivity index (χ4n) is 5.33. The molecular formula is C27H30ClN8O10P. The van der Waals surface area contributed by atoms with Gasteiger partial charge in [-0.2, -0.15) is 4.98 Å². The molecule has 18 nitrogen and oxygen atoms in total. The Kier molecular flexibility index (Phi) is 9.43. The number of halogens is 1. The average molecular weight is 693 g/mol. The van der Waals surface area contributed by atoms with Crippen molar-refractivity contribution in [2.24, 2.45) is 0 Å². The third-order valence-corrected chi connectivity index (χ3v) is 9.14. The standard InChI is InChI=1S/C27H30ClN8O10P/c1-14(38)43-18-8-22(35-7-6-21(29)34-27(35)39)44-20(18)11-42-47(40,45-16-4-2-15(28)3-5-16)46-24-17(10-41-19(24)9-37)36-13-33-23-25(30)31-12-32-26(23)36/h2-7,12-13,17-20,22,24,37H,8-11H2,1H3,(H2,29,34,39)(H2,30,31,32)/t17-,18+,19-,20-,22-,24+,47?/m1/s1. The van der Waals surface area contributed by atoms with Crippen molar-refractivity contribution in [3.63, 3.8) is 0 Å². The maximum Gasteiger partial charge on any atom is 0.530 e. The number of hydrogen-bond acceptors (Lipinski definition) is 16. The second-order valence-corrected chi connectivity index (χ2v) is 12.6. The molecule has 2 fully saturated rings. The minimum absolute atomic E-state index is 0.0124. The lowest BCUT2D eigenvalue weighted by Gasteiger charge is -2.28. The molecule has 7 atom stereocenters. The number of nitrogens with zero attached hydrogens (tertiary/aromatic N) is 6. The molecule has 1 aromatic carbocycles. The number of carbonyl (C=O) groups is 1. The van der Waals surface area contributed by atoms with Crippen LogP contribution in [0.4, 0.5) is 11.6 Å². The summed E-state index contributed by atoms with van der Waals surface area (Å²) in [7, 11) is -4.63. The number of aliphatic hydroxyl groups is 1. The van der Waals surface area contributed by atoms with E-state index in [-0.39, 0.29) is 30.4 Å². The SMILES string of the molecule is CC(=O)O[C@H]1C[C@H](n2ccc(N)nc2=O)O[C@@H]1COP(=O)(Oc1ccc(Cl)cc1)O[C@H]1[C@H](n2cnc3c(N)ncnc32)CO[C@@H]1CO. The van der Waals surface area contributed by atoms with Gasteiger partial charge in [0.05, 0.1) is 32.2 Å². The average Bonchev–Trinajstić information content (AvgIpc) is 3.74. The van der Waals surface area contributed by atoms with Gasteiger partial charge in [0.25, 0.3) is 0 Å². The largest absolute Gasteiger partial charge is 0.530 e. The Morgan fingerprint density at radius 1 is 1.15 bits per heavy atom. The van der Waals surface area contributed by atoms with E-state index in [0.717, 1.165) is 0 Å². The number of aliphatic hydroxyl groups excluding tert-OH is 1. The lowest BCUT2D eigenvalue weighted by molar-refractivity contribution is -0.150. The number of benzene rings is 1. The first-order valence-electron chi connectivity index (χ1n) is 14.2. The Morgan fingerprint density at radius 3 is 2.66 bits per heavy atom. The molecule has 1 unspecified atom stereocenters. The van der Waals surface area contributed by atoms with Crippen LogP contribution in [0.2, 0.25) is 5.02 Å². The lowest BCUT2D eigenvalue weighted by Crippen LogP contribution is -2.35. The van der Waals surface area contributed by atoms with Crippen molar-refractivity contribution in [1.82, 2.24) is 29.1 Å². The first kappa shape index (κ1) is 32.8. The second-order valence-electron chi connectivity index (χ2n) is 10.6. The molecule has 0 saturated carbocycles. The third kappa shape index (κ3) is 7.08. The Bertz CT molecular complexity index is 1860. The number of phosphoric ester groups is 1. The number of fused-ring (bicyclic) bond motifs is 1. The highest BCUT2D eigenvalue weighted by Crippen LogP contribution is 2.54.